The molecule has 0 aliphatic carbocycles. The second kappa shape index (κ2) is 6.76. The maximum absolute atomic E-state index is 10.6. The van der Waals surface area contributed by atoms with E-state index in [2.05, 4.69) is 0 Å². The molecule has 0 saturated heterocycles. The Morgan fingerprint density at radius 1 is 1.19 bits per heavy atom. The third kappa shape index (κ3) is 3.85. The molecule has 2 rings (SSSR count). The molecule has 0 spiro atoms. The van der Waals surface area contributed by atoms with Crippen LogP contribution in [0, 0.1) is 10.1 Å². The molecule has 0 radical (unpaired) electrons. The molecule has 7 heteroatoms. The van der Waals surface area contributed by atoms with Crippen molar-refractivity contribution in [2.75, 3.05) is 0 Å². The van der Waals surface area contributed by atoms with Crippen molar-refractivity contribution in [1.82, 2.24) is 0 Å². The molecule has 0 saturated carbocycles. The van der Waals surface area contributed by atoms with Crippen LogP contribution in [0.15, 0.2) is 36.4 Å². The Morgan fingerprint density at radius 3 is 2.43 bits per heavy atom. The third-order valence-corrected chi connectivity index (χ3v) is 3.28. The largest absolute Gasteiger partial charge is 0.487 e. The van der Waals surface area contributed by atoms with Crippen LogP contribution in [-0.2, 0) is 13.2 Å². The number of non-ortho nitro benzene ring substituents is 1. The van der Waals surface area contributed by atoms with E-state index in [1.54, 1.807) is 18.2 Å². The summed E-state index contributed by atoms with van der Waals surface area (Å²) in [5.41, 5.74) is 1.24. The molecule has 0 amide bonds. The lowest BCUT2D eigenvalue weighted by Gasteiger charge is -2.12. The van der Waals surface area contributed by atoms with Gasteiger partial charge in [0, 0.05) is 22.7 Å². The summed E-state index contributed by atoms with van der Waals surface area (Å²) < 4.78 is 5.58. The molecule has 0 bridgehead atoms. The van der Waals surface area contributed by atoms with Crippen LogP contribution in [0.3, 0.4) is 0 Å². The molecule has 2 aromatic carbocycles. The number of hydrogen-bond donors (Lipinski definition) is 1. The maximum Gasteiger partial charge on any atom is 0.269 e. The first-order chi connectivity index (χ1) is 10.0. The van der Waals surface area contributed by atoms with Crippen LogP contribution in [0.4, 0.5) is 5.69 Å². The smallest absolute Gasteiger partial charge is 0.269 e. The Hall–Kier alpha value is -1.82. The van der Waals surface area contributed by atoms with Gasteiger partial charge in [0.15, 0.2) is 0 Å². The van der Waals surface area contributed by atoms with Gasteiger partial charge >= 0.3 is 0 Å². The molecule has 0 atom stereocenters. The topological polar surface area (TPSA) is 72.6 Å². The molecular weight excluding hydrogens is 317 g/mol. The fraction of sp³-hybridized carbons (Fsp3) is 0.143. The van der Waals surface area contributed by atoms with Crippen LogP contribution >= 0.6 is 23.2 Å². The molecule has 110 valence electrons. The van der Waals surface area contributed by atoms with Gasteiger partial charge in [-0.2, -0.15) is 0 Å². The van der Waals surface area contributed by atoms with Crippen molar-refractivity contribution >= 4 is 28.9 Å². The number of rotatable bonds is 5. The molecule has 21 heavy (non-hydrogen) atoms. The summed E-state index contributed by atoms with van der Waals surface area (Å²) in [5, 5.41) is 20.6. The monoisotopic (exact) mass is 327 g/mol. The van der Waals surface area contributed by atoms with Crippen molar-refractivity contribution in [3.63, 3.8) is 0 Å². The van der Waals surface area contributed by atoms with Crippen molar-refractivity contribution in [3.05, 3.63) is 67.7 Å². The standard InChI is InChI=1S/C14H11Cl2NO4/c15-11-5-10(7-18)14(13(16)6-11)21-8-9-1-3-12(4-2-9)17(19)20/h1-6,18H,7-8H2. The summed E-state index contributed by atoms with van der Waals surface area (Å²) in [4.78, 5) is 10.1. The maximum atomic E-state index is 10.6. The van der Waals surface area contributed by atoms with E-state index in [9.17, 15) is 15.2 Å². The van der Waals surface area contributed by atoms with Gasteiger partial charge in [-0.25, -0.2) is 0 Å². The number of nitrogens with zero attached hydrogens (tertiary/aromatic N) is 1. The minimum atomic E-state index is -0.468. The van der Waals surface area contributed by atoms with E-state index in [1.807, 2.05) is 0 Å². The van der Waals surface area contributed by atoms with E-state index in [0.717, 1.165) is 5.56 Å². The number of ether oxygens (including phenoxy) is 1. The fourth-order valence-corrected chi connectivity index (χ4v) is 2.35. The van der Waals surface area contributed by atoms with Gasteiger partial charge in [0.2, 0.25) is 0 Å². The summed E-state index contributed by atoms with van der Waals surface area (Å²) in [6.45, 7) is -0.0811. The molecule has 0 fully saturated rings. The number of benzene rings is 2. The fourth-order valence-electron chi connectivity index (χ4n) is 1.76. The van der Waals surface area contributed by atoms with Gasteiger partial charge in [0.1, 0.15) is 12.4 Å². The molecule has 0 aromatic heterocycles. The zero-order chi connectivity index (χ0) is 15.4. The lowest BCUT2D eigenvalue weighted by molar-refractivity contribution is -0.384. The Morgan fingerprint density at radius 2 is 1.86 bits per heavy atom. The number of hydrogen-bond acceptors (Lipinski definition) is 4. The Balaban J connectivity index is 2.14. The molecule has 0 heterocycles. The normalized spacial score (nSPS) is 10.4. The first kappa shape index (κ1) is 15.6. The van der Waals surface area contributed by atoms with E-state index >= 15 is 0 Å². The van der Waals surface area contributed by atoms with Gasteiger partial charge < -0.3 is 9.84 Å². The minimum absolute atomic E-state index is 0.0133. The van der Waals surface area contributed by atoms with Crippen molar-refractivity contribution in [1.29, 1.82) is 0 Å². The molecule has 0 aliphatic heterocycles. The number of nitro groups is 1. The summed E-state index contributed by atoms with van der Waals surface area (Å²) in [5.74, 6) is 0.349. The SMILES string of the molecule is O=[N+]([O-])c1ccc(COc2c(Cl)cc(Cl)cc2CO)cc1. The molecular formula is C14H11Cl2NO4. The summed E-state index contributed by atoms with van der Waals surface area (Å²) >= 11 is 11.9. The Kier molecular flexibility index (Phi) is 5.01. The van der Waals surface area contributed by atoms with Gasteiger partial charge in [-0.3, -0.25) is 10.1 Å². The molecule has 1 N–H and O–H groups in total. The number of aliphatic hydroxyl groups excluding tert-OH is 1. The van der Waals surface area contributed by atoms with Crippen LogP contribution in [0.1, 0.15) is 11.1 Å². The highest BCUT2D eigenvalue weighted by Crippen LogP contribution is 2.33. The molecule has 0 unspecified atom stereocenters. The summed E-state index contributed by atoms with van der Waals surface area (Å²) in [7, 11) is 0. The first-order valence-corrected chi connectivity index (χ1v) is 6.71. The first-order valence-electron chi connectivity index (χ1n) is 5.96. The van der Waals surface area contributed by atoms with Gasteiger partial charge in [0.25, 0.3) is 5.69 Å². The Labute approximate surface area is 130 Å². The minimum Gasteiger partial charge on any atom is -0.487 e. The van der Waals surface area contributed by atoms with Crippen molar-refractivity contribution in [3.8, 4) is 5.75 Å². The lowest BCUT2D eigenvalue weighted by atomic mass is 10.2. The van der Waals surface area contributed by atoms with Gasteiger partial charge in [0.05, 0.1) is 16.6 Å². The number of halogens is 2. The summed E-state index contributed by atoms with van der Waals surface area (Å²) in [6.07, 6.45) is 0. The second-order valence-corrected chi connectivity index (χ2v) is 5.09. The average molecular weight is 328 g/mol. The van der Waals surface area contributed by atoms with Crippen molar-refractivity contribution in [2.45, 2.75) is 13.2 Å². The molecule has 5 nitrogen and oxygen atoms in total. The zero-order valence-electron chi connectivity index (χ0n) is 10.8. The van der Waals surface area contributed by atoms with Crippen molar-refractivity contribution in [2.24, 2.45) is 0 Å². The van der Waals surface area contributed by atoms with E-state index in [4.69, 9.17) is 27.9 Å². The zero-order valence-corrected chi connectivity index (χ0v) is 12.3. The number of nitro benzene ring substituents is 1. The van der Waals surface area contributed by atoms with Gasteiger partial charge in [-0.05, 0) is 29.8 Å². The average Bonchev–Trinajstić information content (AvgIpc) is 2.46. The van der Waals surface area contributed by atoms with Crippen LogP contribution in [0.5, 0.6) is 5.75 Å². The highest BCUT2D eigenvalue weighted by molar-refractivity contribution is 6.35. The Bertz CT molecular complexity index is 659. The van der Waals surface area contributed by atoms with Gasteiger partial charge in [-0.15, -0.1) is 0 Å². The molecule has 2 aromatic rings. The summed E-state index contributed by atoms with van der Waals surface area (Å²) in [6, 6.07) is 9.08. The van der Waals surface area contributed by atoms with Crippen LogP contribution in [0.2, 0.25) is 10.0 Å². The van der Waals surface area contributed by atoms with Crippen LogP contribution in [-0.4, -0.2) is 10.0 Å². The molecule has 0 aliphatic rings. The van der Waals surface area contributed by atoms with E-state index in [1.165, 1.54) is 18.2 Å². The van der Waals surface area contributed by atoms with Gasteiger partial charge in [-0.1, -0.05) is 23.2 Å². The quantitative estimate of drug-likeness (QED) is 0.666. The van der Waals surface area contributed by atoms with E-state index in [0.29, 0.717) is 21.4 Å². The highest BCUT2D eigenvalue weighted by atomic mass is 35.5. The lowest BCUT2D eigenvalue weighted by Crippen LogP contribution is -2.00. The van der Waals surface area contributed by atoms with Crippen molar-refractivity contribution < 1.29 is 14.8 Å². The predicted octanol–water partition coefficient (Wildman–Crippen LogP) is 3.97. The van der Waals surface area contributed by atoms with Crippen LogP contribution < -0.4 is 4.74 Å². The van der Waals surface area contributed by atoms with Crippen LogP contribution in [0.25, 0.3) is 0 Å². The predicted molar refractivity (Wildman–Crippen MR) is 79.8 cm³/mol. The van der Waals surface area contributed by atoms with E-state index < -0.39 is 4.92 Å². The third-order valence-electron chi connectivity index (χ3n) is 2.79. The second-order valence-electron chi connectivity index (χ2n) is 4.25. The number of aliphatic hydroxyl groups is 1. The van der Waals surface area contributed by atoms with E-state index in [-0.39, 0.29) is 18.9 Å². The highest BCUT2D eigenvalue weighted by Gasteiger charge is 2.11.